The predicted molar refractivity (Wildman–Crippen MR) is 81.6 cm³/mol. The number of ether oxygens (including phenoxy) is 1. The molecule has 20 heavy (non-hydrogen) atoms. The maximum atomic E-state index is 12.5. The van der Waals surface area contributed by atoms with Crippen molar-refractivity contribution in [2.45, 2.75) is 36.2 Å². The van der Waals surface area contributed by atoms with Crippen LogP contribution in [0.4, 0.5) is 0 Å². The fourth-order valence-corrected chi connectivity index (χ4v) is 5.04. The Balaban J connectivity index is 2.38. The van der Waals surface area contributed by atoms with Crippen molar-refractivity contribution in [3.8, 4) is 5.75 Å². The van der Waals surface area contributed by atoms with E-state index in [2.05, 4.69) is 20.7 Å². The van der Waals surface area contributed by atoms with Gasteiger partial charge in [-0.25, -0.2) is 13.1 Å². The number of methoxy groups -OCH3 is 1. The third kappa shape index (κ3) is 3.28. The number of rotatable bonds is 4. The second kappa shape index (κ2) is 6.19. The van der Waals surface area contributed by atoms with Gasteiger partial charge in [-0.1, -0.05) is 18.0 Å². The van der Waals surface area contributed by atoms with Gasteiger partial charge >= 0.3 is 0 Å². The lowest BCUT2D eigenvalue weighted by Gasteiger charge is -2.19. The van der Waals surface area contributed by atoms with Crippen LogP contribution in [0.5, 0.6) is 5.75 Å². The topological polar surface area (TPSA) is 81.4 Å². The Morgan fingerprint density at radius 3 is 2.70 bits per heavy atom. The summed E-state index contributed by atoms with van der Waals surface area (Å²) in [6, 6.07) is 2.55. The lowest BCUT2D eigenvalue weighted by molar-refractivity contribution is 0.399. The first-order valence-corrected chi connectivity index (χ1v) is 8.81. The van der Waals surface area contributed by atoms with Crippen LogP contribution < -0.4 is 15.2 Å². The highest BCUT2D eigenvalue weighted by molar-refractivity contribution is 9.10. The van der Waals surface area contributed by atoms with E-state index in [1.54, 1.807) is 6.07 Å². The van der Waals surface area contributed by atoms with E-state index in [4.69, 9.17) is 22.1 Å². The van der Waals surface area contributed by atoms with E-state index in [9.17, 15) is 8.42 Å². The Labute approximate surface area is 132 Å². The first kappa shape index (κ1) is 16.0. The average molecular weight is 384 g/mol. The zero-order valence-corrected chi connectivity index (χ0v) is 14.1. The van der Waals surface area contributed by atoms with E-state index in [0.29, 0.717) is 9.50 Å². The molecule has 0 saturated heterocycles. The third-order valence-corrected chi connectivity index (χ3v) is 5.65. The van der Waals surface area contributed by atoms with Crippen LogP contribution >= 0.6 is 27.5 Å². The minimum atomic E-state index is -3.73. The fraction of sp³-hybridized carbons (Fsp3) is 0.500. The first-order valence-electron chi connectivity index (χ1n) is 6.16. The van der Waals surface area contributed by atoms with Crippen LogP contribution in [0.2, 0.25) is 5.02 Å². The molecule has 0 radical (unpaired) electrons. The number of nitrogens with one attached hydrogen (secondary N) is 1. The standard InChI is InChI=1S/C12H16BrClN2O3S/c1-19-12-8(13)5-7(14)6-11(12)20(17,18)16-10-4-2-3-9(10)15/h5-6,9-10,16H,2-4,15H2,1H3. The minimum absolute atomic E-state index is 0.0125. The molecule has 112 valence electrons. The van der Waals surface area contributed by atoms with Crippen molar-refractivity contribution < 1.29 is 13.2 Å². The summed E-state index contributed by atoms with van der Waals surface area (Å²) < 4.78 is 33.3. The quantitative estimate of drug-likeness (QED) is 0.835. The predicted octanol–water partition coefficient (Wildman–Crippen LogP) is 2.27. The summed E-state index contributed by atoms with van der Waals surface area (Å²) in [6.07, 6.45) is 2.48. The molecule has 2 unspecified atom stereocenters. The number of benzene rings is 1. The molecule has 1 saturated carbocycles. The van der Waals surface area contributed by atoms with Crippen LogP contribution in [0, 0.1) is 0 Å². The van der Waals surface area contributed by atoms with Crippen LogP contribution in [-0.2, 0) is 10.0 Å². The average Bonchev–Trinajstić information content (AvgIpc) is 2.73. The maximum absolute atomic E-state index is 12.5. The van der Waals surface area contributed by atoms with Crippen LogP contribution in [-0.4, -0.2) is 27.6 Å². The van der Waals surface area contributed by atoms with E-state index in [0.717, 1.165) is 19.3 Å². The molecule has 0 bridgehead atoms. The molecule has 1 aliphatic rings. The monoisotopic (exact) mass is 382 g/mol. The van der Waals surface area contributed by atoms with Crippen molar-refractivity contribution in [2.75, 3.05) is 7.11 Å². The Hall–Kier alpha value is -0.340. The molecule has 3 N–H and O–H groups in total. The molecule has 0 amide bonds. The second-order valence-electron chi connectivity index (χ2n) is 4.74. The van der Waals surface area contributed by atoms with E-state index < -0.39 is 10.0 Å². The van der Waals surface area contributed by atoms with Gasteiger partial charge in [-0.3, -0.25) is 0 Å². The number of halogens is 2. The van der Waals surface area contributed by atoms with Gasteiger partial charge in [0.15, 0.2) is 5.75 Å². The number of sulfonamides is 1. The highest BCUT2D eigenvalue weighted by Crippen LogP contribution is 2.35. The summed E-state index contributed by atoms with van der Waals surface area (Å²) in [5, 5.41) is 0.314. The van der Waals surface area contributed by atoms with Gasteiger partial charge in [0, 0.05) is 17.1 Å². The summed E-state index contributed by atoms with van der Waals surface area (Å²) in [4.78, 5) is 0.0125. The van der Waals surface area contributed by atoms with Gasteiger partial charge in [0.05, 0.1) is 11.6 Å². The van der Waals surface area contributed by atoms with Crippen molar-refractivity contribution >= 4 is 37.6 Å². The second-order valence-corrected chi connectivity index (χ2v) is 7.71. The summed E-state index contributed by atoms with van der Waals surface area (Å²) in [6.45, 7) is 0. The molecule has 1 fully saturated rings. The Morgan fingerprint density at radius 1 is 1.45 bits per heavy atom. The van der Waals surface area contributed by atoms with Crippen LogP contribution in [0.1, 0.15) is 19.3 Å². The van der Waals surface area contributed by atoms with Gasteiger partial charge in [-0.2, -0.15) is 0 Å². The van der Waals surface area contributed by atoms with Gasteiger partial charge < -0.3 is 10.5 Å². The van der Waals surface area contributed by atoms with Crippen molar-refractivity contribution in [2.24, 2.45) is 5.73 Å². The Kier molecular flexibility index (Phi) is 4.96. The third-order valence-electron chi connectivity index (χ3n) is 3.34. The molecule has 0 aliphatic heterocycles. The van der Waals surface area contributed by atoms with E-state index in [-0.39, 0.29) is 22.7 Å². The lowest BCUT2D eigenvalue weighted by atomic mass is 10.2. The molecule has 0 spiro atoms. The lowest BCUT2D eigenvalue weighted by Crippen LogP contribution is -2.43. The largest absolute Gasteiger partial charge is 0.494 e. The summed E-state index contributed by atoms with van der Waals surface area (Å²) in [5.41, 5.74) is 5.90. The number of nitrogens with two attached hydrogens (primary N) is 1. The van der Waals surface area contributed by atoms with Crippen LogP contribution in [0.3, 0.4) is 0 Å². The highest BCUT2D eigenvalue weighted by Gasteiger charge is 2.31. The van der Waals surface area contributed by atoms with Crippen molar-refractivity contribution in [1.29, 1.82) is 0 Å². The molecule has 1 aliphatic carbocycles. The van der Waals surface area contributed by atoms with Crippen molar-refractivity contribution in [3.63, 3.8) is 0 Å². The van der Waals surface area contributed by atoms with Crippen LogP contribution in [0.15, 0.2) is 21.5 Å². The smallest absolute Gasteiger partial charge is 0.244 e. The SMILES string of the molecule is COc1c(Br)cc(Cl)cc1S(=O)(=O)NC1CCCC1N. The van der Waals surface area contributed by atoms with Crippen molar-refractivity contribution in [3.05, 3.63) is 21.6 Å². The highest BCUT2D eigenvalue weighted by atomic mass is 79.9. The van der Waals surface area contributed by atoms with E-state index in [1.807, 2.05) is 0 Å². The molecular weight excluding hydrogens is 368 g/mol. The van der Waals surface area contributed by atoms with Gasteiger partial charge in [-0.15, -0.1) is 0 Å². The van der Waals surface area contributed by atoms with E-state index >= 15 is 0 Å². The number of hydrogen-bond acceptors (Lipinski definition) is 4. The van der Waals surface area contributed by atoms with Crippen molar-refractivity contribution in [1.82, 2.24) is 4.72 Å². The summed E-state index contributed by atoms with van der Waals surface area (Å²) in [5.74, 6) is 0.230. The maximum Gasteiger partial charge on any atom is 0.244 e. The molecule has 2 atom stereocenters. The zero-order valence-electron chi connectivity index (χ0n) is 10.9. The molecule has 2 rings (SSSR count). The minimum Gasteiger partial charge on any atom is -0.494 e. The Bertz CT molecular complexity index is 609. The normalized spacial score (nSPS) is 23.0. The molecule has 5 nitrogen and oxygen atoms in total. The summed E-state index contributed by atoms with van der Waals surface area (Å²) >= 11 is 9.18. The molecule has 1 aromatic rings. The molecular formula is C12H16BrClN2O3S. The van der Waals surface area contributed by atoms with Gasteiger partial charge in [0.25, 0.3) is 0 Å². The summed E-state index contributed by atoms with van der Waals surface area (Å²) in [7, 11) is -2.32. The van der Waals surface area contributed by atoms with E-state index in [1.165, 1.54) is 13.2 Å². The number of hydrogen-bond donors (Lipinski definition) is 2. The molecule has 0 aromatic heterocycles. The van der Waals surface area contributed by atoms with Crippen LogP contribution in [0.25, 0.3) is 0 Å². The Morgan fingerprint density at radius 2 is 2.15 bits per heavy atom. The van der Waals surface area contributed by atoms with Gasteiger partial charge in [0.2, 0.25) is 10.0 Å². The zero-order chi connectivity index (χ0) is 14.9. The van der Waals surface area contributed by atoms with Gasteiger partial charge in [0.1, 0.15) is 4.90 Å². The molecule has 1 aromatic carbocycles. The van der Waals surface area contributed by atoms with Gasteiger partial charge in [-0.05, 0) is 40.9 Å². The molecule has 8 heteroatoms. The molecule has 0 heterocycles. The fourth-order valence-electron chi connectivity index (χ4n) is 2.33. The first-order chi connectivity index (χ1) is 9.35.